The topological polar surface area (TPSA) is 57.0 Å². The van der Waals surface area contributed by atoms with Crippen molar-refractivity contribution in [1.29, 1.82) is 0 Å². The van der Waals surface area contributed by atoms with Gasteiger partial charge in [0.05, 0.1) is 11.6 Å². The van der Waals surface area contributed by atoms with Gasteiger partial charge in [-0.15, -0.1) is 5.10 Å². The van der Waals surface area contributed by atoms with Gasteiger partial charge in [-0.25, -0.2) is 4.68 Å². The molecule has 0 fully saturated rings. The minimum absolute atomic E-state index is 0.121. The quantitative estimate of drug-likeness (QED) is 0.637. The summed E-state index contributed by atoms with van der Waals surface area (Å²) in [5, 5.41) is 7.24. The first-order valence-corrected chi connectivity index (χ1v) is 4.01. The van der Waals surface area contributed by atoms with Gasteiger partial charge in [0.2, 0.25) is 0 Å². The fraction of sp³-hybridized carbons (Fsp3) is 0.625. The molecule has 1 rings (SSSR count). The second kappa shape index (κ2) is 3.55. The normalized spacial score (nSPS) is 11.3. The average Bonchev–Trinajstić information content (AvgIpc) is 2.50. The molecule has 0 atom stereocenters. The summed E-state index contributed by atoms with van der Waals surface area (Å²) in [6, 6.07) is 0. The van der Waals surface area contributed by atoms with Crippen LogP contribution in [0.3, 0.4) is 0 Å². The Morgan fingerprint density at radius 3 is 2.69 bits per heavy atom. The van der Waals surface area contributed by atoms with Crippen molar-refractivity contribution in [2.45, 2.75) is 27.5 Å². The average molecular weight is 183 g/mol. The first-order valence-electron chi connectivity index (χ1n) is 4.01. The smallest absolute Gasteiger partial charge is 0.313 e. The summed E-state index contributed by atoms with van der Waals surface area (Å²) in [5.41, 5.74) is -0.472. The van der Waals surface area contributed by atoms with Crippen molar-refractivity contribution >= 4 is 5.97 Å². The highest BCUT2D eigenvalue weighted by molar-refractivity contribution is 5.75. The zero-order valence-electron chi connectivity index (χ0n) is 8.02. The Kier molecular flexibility index (Phi) is 2.65. The number of rotatable bonds is 2. The molecule has 0 aliphatic heterocycles. The maximum absolute atomic E-state index is 11.3. The third kappa shape index (κ3) is 2.85. The molecule has 0 radical (unpaired) electrons. The van der Waals surface area contributed by atoms with E-state index in [-0.39, 0.29) is 12.7 Å². The molecule has 72 valence electrons. The summed E-state index contributed by atoms with van der Waals surface area (Å²) >= 11 is 0. The maximum atomic E-state index is 11.3. The largest absolute Gasteiger partial charge is 0.442 e. The van der Waals surface area contributed by atoms with Crippen molar-refractivity contribution in [2.75, 3.05) is 0 Å². The second-order valence-corrected chi connectivity index (χ2v) is 3.75. The first kappa shape index (κ1) is 9.70. The van der Waals surface area contributed by atoms with E-state index >= 15 is 0 Å². The van der Waals surface area contributed by atoms with Crippen LogP contribution in [0, 0.1) is 5.41 Å². The first-order chi connectivity index (χ1) is 6.00. The second-order valence-electron chi connectivity index (χ2n) is 3.75. The van der Waals surface area contributed by atoms with Gasteiger partial charge in [-0.1, -0.05) is 5.21 Å². The predicted molar refractivity (Wildman–Crippen MR) is 45.6 cm³/mol. The number of hydrogen-bond donors (Lipinski definition) is 0. The lowest BCUT2D eigenvalue weighted by Crippen LogP contribution is -2.24. The van der Waals surface area contributed by atoms with E-state index in [1.54, 1.807) is 27.0 Å². The highest BCUT2D eigenvalue weighted by Crippen LogP contribution is 2.14. The molecule has 0 amide bonds. The lowest BCUT2D eigenvalue weighted by atomic mass is 9.98. The third-order valence-electron chi connectivity index (χ3n) is 1.41. The Bertz CT molecular complexity index is 274. The molecule has 0 unspecified atom stereocenters. The molecule has 0 aromatic carbocycles. The van der Waals surface area contributed by atoms with Gasteiger partial charge in [0, 0.05) is 6.20 Å². The Labute approximate surface area is 76.7 Å². The van der Waals surface area contributed by atoms with E-state index in [4.69, 9.17) is 4.74 Å². The lowest BCUT2D eigenvalue weighted by Gasteiger charge is -2.15. The molecular weight excluding hydrogens is 170 g/mol. The minimum Gasteiger partial charge on any atom is -0.442 e. The summed E-state index contributed by atoms with van der Waals surface area (Å²) < 4.78 is 6.42. The number of carbonyl (C=O) groups excluding carboxylic acids is 1. The molecule has 1 heterocycles. The van der Waals surface area contributed by atoms with Crippen molar-refractivity contribution in [3.63, 3.8) is 0 Å². The van der Waals surface area contributed by atoms with Gasteiger partial charge in [0.1, 0.15) is 0 Å². The Morgan fingerprint density at radius 2 is 2.23 bits per heavy atom. The fourth-order valence-corrected chi connectivity index (χ4v) is 0.643. The number of carbonyl (C=O) groups is 1. The lowest BCUT2D eigenvalue weighted by molar-refractivity contribution is -0.157. The summed E-state index contributed by atoms with van der Waals surface area (Å²) in [6.45, 7) is 5.53. The zero-order chi connectivity index (χ0) is 9.90. The van der Waals surface area contributed by atoms with Crippen LogP contribution in [-0.2, 0) is 16.3 Å². The highest BCUT2D eigenvalue weighted by atomic mass is 16.5. The van der Waals surface area contributed by atoms with Gasteiger partial charge in [-0.05, 0) is 20.8 Å². The molecule has 1 aromatic rings. The molecule has 1 aromatic heterocycles. The molecular formula is C8H13N3O2. The highest BCUT2D eigenvalue weighted by Gasteiger charge is 2.22. The van der Waals surface area contributed by atoms with Crippen LogP contribution < -0.4 is 0 Å². The number of esters is 1. The van der Waals surface area contributed by atoms with Crippen LogP contribution in [0.5, 0.6) is 0 Å². The summed E-state index contributed by atoms with van der Waals surface area (Å²) in [7, 11) is 0. The van der Waals surface area contributed by atoms with Crippen molar-refractivity contribution in [3.05, 3.63) is 12.4 Å². The summed E-state index contributed by atoms with van der Waals surface area (Å²) in [4.78, 5) is 11.3. The van der Waals surface area contributed by atoms with Gasteiger partial charge in [0.25, 0.3) is 0 Å². The molecule has 0 aliphatic rings. The molecule has 0 N–H and O–H groups in total. The molecule has 13 heavy (non-hydrogen) atoms. The van der Waals surface area contributed by atoms with Crippen LogP contribution in [0.25, 0.3) is 0 Å². The molecule has 0 saturated heterocycles. The van der Waals surface area contributed by atoms with Gasteiger partial charge >= 0.3 is 5.97 Å². The van der Waals surface area contributed by atoms with Gasteiger partial charge < -0.3 is 4.74 Å². The van der Waals surface area contributed by atoms with E-state index in [0.29, 0.717) is 0 Å². The van der Waals surface area contributed by atoms with Crippen molar-refractivity contribution < 1.29 is 9.53 Å². The summed E-state index contributed by atoms with van der Waals surface area (Å²) in [6.07, 6.45) is 3.17. The van der Waals surface area contributed by atoms with Crippen LogP contribution in [0.4, 0.5) is 0 Å². The molecule has 0 bridgehead atoms. The minimum atomic E-state index is -0.472. The molecule has 0 spiro atoms. The Hall–Kier alpha value is -1.39. The van der Waals surface area contributed by atoms with E-state index in [1.165, 1.54) is 10.9 Å². The molecule has 0 saturated carbocycles. The SMILES string of the molecule is CC(C)(C)C(=O)OCn1ccnn1. The van der Waals surface area contributed by atoms with E-state index in [1.807, 2.05) is 0 Å². The molecule has 5 nitrogen and oxygen atoms in total. The molecule has 0 aliphatic carbocycles. The van der Waals surface area contributed by atoms with E-state index < -0.39 is 5.41 Å². The van der Waals surface area contributed by atoms with Gasteiger partial charge in [-0.3, -0.25) is 4.79 Å². The Balaban J connectivity index is 2.40. The fourth-order valence-electron chi connectivity index (χ4n) is 0.643. The van der Waals surface area contributed by atoms with Crippen LogP contribution in [0.15, 0.2) is 12.4 Å². The van der Waals surface area contributed by atoms with E-state index in [9.17, 15) is 4.79 Å². The molecule has 5 heteroatoms. The monoisotopic (exact) mass is 183 g/mol. The predicted octanol–water partition coefficient (Wildman–Crippen LogP) is 0.825. The third-order valence-corrected chi connectivity index (χ3v) is 1.41. The number of hydrogen-bond acceptors (Lipinski definition) is 4. The number of aromatic nitrogens is 3. The van der Waals surface area contributed by atoms with Crippen molar-refractivity contribution in [3.8, 4) is 0 Å². The summed E-state index contributed by atoms with van der Waals surface area (Å²) in [5.74, 6) is -0.247. The van der Waals surface area contributed by atoms with Crippen LogP contribution in [0.1, 0.15) is 20.8 Å². The van der Waals surface area contributed by atoms with Crippen molar-refractivity contribution in [1.82, 2.24) is 15.0 Å². The van der Waals surface area contributed by atoms with Crippen molar-refractivity contribution in [2.24, 2.45) is 5.41 Å². The number of ether oxygens (including phenoxy) is 1. The van der Waals surface area contributed by atoms with Crippen LogP contribution >= 0.6 is 0 Å². The Morgan fingerprint density at radius 1 is 1.54 bits per heavy atom. The standard InChI is InChI=1S/C8H13N3O2/c1-8(2,3)7(12)13-6-11-5-4-9-10-11/h4-5H,6H2,1-3H3. The van der Waals surface area contributed by atoms with Gasteiger partial charge in [-0.2, -0.15) is 0 Å². The van der Waals surface area contributed by atoms with E-state index in [0.717, 1.165) is 0 Å². The number of nitrogens with zero attached hydrogens (tertiary/aromatic N) is 3. The van der Waals surface area contributed by atoms with Crippen LogP contribution in [-0.4, -0.2) is 21.0 Å². The van der Waals surface area contributed by atoms with Crippen LogP contribution in [0.2, 0.25) is 0 Å². The zero-order valence-corrected chi connectivity index (χ0v) is 8.02. The van der Waals surface area contributed by atoms with Gasteiger partial charge in [0.15, 0.2) is 6.73 Å². The van der Waals surface area contributed by atoms with E-state index in [2.05, 4.69) is 10.3 Å². The maximum Gasteiger partial charge on any atom is 0.313 e.